The molecule has 9 aromatic rings. The number of aliphatic hydroxyl groups is 1. The van der Waals surface area contributed by atoms with Crippen LogP contribution in [0.3, 0.4) is 0 Å². The van der Waals surface area contributed by atoms with E-state index in [1.54, 1.807) is 0 Å². The lowest BCUT2D eigenvalue weighted by Gasteiger charge is -2.32. The van der Waals surface area contributed by atoms with Crippen LogP contribution >= 0.6 is 47.8 Å². The van der Waals surface area contributed by atoms with E-state index in [0.29, 0.717) is 0 Å². The van der Waals surface area contributed by atoms with Crippen LogP contribution < -0.4 is 5.43 Å². The molecule has 0 heterocycles. The van der Waals surface area contributed by atoms with Crippen LogP contribution in [0.1, 0.15) is 16.7 Å². The van der Waals surface area contributed by atoms with E-state index in [2.05, 4.69) is 96.3 Å². The third-order valence-corrected chi connectivity index (χ3v) is 11.5. The molecule has 2 nitrogen and oxygen atoms in total. The molecule has 10 rings (SSSR count). The summed E-state index contributed by atoms with van der Waals surface area (Å²) in [6.45, 7) is 0. The number of benzene rings is 8. The number of halogens is 3. The van der Waals surface area contributed by atoms with Crippen molar-refractivity contribution >= 4 is 80.1 Å². The molecular weight excluding hydrogens is 872 g/mol. The standard InChI is InChI=1S/C25H17BrO.C19H12O.C6H4Br2/c26-18-9-7-8-17(16-18)25(27)23-14-5-3-12-21(23)19-10-1-2-11-20(19)22-13-4-6-15-24(22)25;20-19-17-11-5-3-9-15(17)13-7-1-2-8-14(13)16-10-4-6-12-18(16)19;7-5-2-1-3-6(8)4-5/h1-16,27H;1-12H;1-4H. The Bertz CT molecular complexity index is 2760. The highest BCUT2D eigenvalue weighted by Crippen LogP contribution is 2.50. The van der Waals surface area contributed by atoms with Crippen LogP contribution in [0.2, 0.25) is 0 Å². The van der Waals surface area contributed by atoms with Gasteiger partial charge in [0.05, 0.1) is 0 Å². The van der Waals surface area contributed by atoms with Crippen molar-refractivity contribution < 1.29 is 5.11 Å². The van der Waals surface area contributed by atoms with Crippen molar-refractivity contribution in [2.24, 2.45) is 0 Å². The van der Waals surface area contributed by atoms with Crippen LogP contribution in [-0.4, -0.2) is 5.11 Å². The quantitative estimate of drug-likeness (QED) is 0.178. The summed E-state index contributed by atoms with van der Waals surface area (Å²) in [7, 11) is 0. The van der Waals surface area contributed by atoms with E-state index in [1.807, 2.05) is 146 Å². The van der Waals surface area contributed by atoms with Crippen molar-refractivity contribution in [3.05, 3.63) is 234 Å². The van der Waals surface area contributed by atoms with Crippen molar-refractivity contribution in [3.63, 3.8) is 0 Å². The fourth-order valence-electron chi connectivity index (χ4n) is 7.58. The van der Waals surface area contributed by atoms with Crippen molar-refractivity contribution in [2.75, 3.05) is 0 Å². The Labute approximate surface area is 345 Å². The van der Waals surface area contributed by atoms with Crippen molar-refractivity contribution in [2.45, 2.75) is 5.60 Å². The van der Waals surface area contributed by atoms with Gasteiger partial charge < -0.3 is 5.11 Å². The fourth-order valence-corrected chi connectivity index (χ4v) is 9.08. The molecule has 1 aliphatic rings. The van der Waals surface area contributed by atoms with Crippen LogP contribution in [0.25, 0.3) is 54.6 Å². The first-order valence-corrected chi connectivity index (χ1v) is 20.2. The van der Waals surface area contributed by atoms with E-state index in [0.717, 1.165) is 84.7 Å². The molecule has 0 aromatic heterocycles. The third-order valence-electron chi connectivity index (χ3n) is 10.0. The van der Waals surface area contributed by atoms with Gasteiger partial charge in [-0.2, -0.15) is 0 Å². The Balaban J connectivity index is 0.000000133. The number of hydrogen-bond acceptors (Lipinski definition) is 2. The Kier molecular flexibility index (Phi) is 10.6. The van der Waals surface area contributed by atoms with Crippen LogP contribution in [-0.2, 0) is 5.60 Å². The van der Waals surface area contributed by atoms with E-state index in [1.165, 1.54) is 0 Å². The summed E-state index contributed by atoms with van der Waals surface area (Å²) in [5, 5.41) is 18.2. The molecule has 0 atom stereocenters. The molecule has 0 amide bonds. The van der Waals surface area contributed by atoms with E-state index in [-0.39, 0.29) is 5.43 Å². The molecule has 9 aromatic carbocycles. The maximum Gasteiger partial charge on any atom is 0.194 e. The summed E-state index contributed by atoms with van der Waals surface area (Å²) in [6, 6.07) is 64.6. The highest BCUT2D eigenvalue weighted by Gasteiger charge is 2.40. The van der Waals surface area contributed by atoms with Gasteiger partial charge in [0.15, 0.2) is 5.43 Å². The van der Waals surface area contributed by atoms with E-state index >= 15 is 0 Å². The van der Waals surface area contributed by atoms with Gasteiger partial charge in [0.1, 0.15) is 5.60 Å². The molecule has 266 valence electrons. The SMILES string of the molecule is Brc1cccc(Br)c1.O=c1c2ccccc2c2ccccc2c2ccccc12.OC1(c2cccc(Br)c2)c2ccccc2-c2ccccc2-c2ccccc21. The Morgan fingerprint density at radius 3 is 1.07 bits per heavy atom. The largest absolute Gasteiger partial charge is 0.376 e. The molecule has 0 spiro atoms. The molecule has 55 heavy (non-hydrogen) atoms. The smallest absolute Gasteiger partial charge is 0.194 e. The Morgan fingerprint density at radius 1 is 0.345 bits per heavy atom. The molecule has 1 aliphatic carbocycles. The zero-order valence-electron chi connectivity index (χ0n) is 29.5. The first kappa shape index (κ1) is 36.8. The zero-order chi connectivity index (χ0) is 37.9. The predicted octanol–water partition coefficient (Wildman–Crippen LogP) is 14.1. The molecule has 0 saturated heterocycles. The molecule has 0 unspecified atom stereocenters. The van der Waals surface area contributed by atoms with Crippen molar-refractivity contribution in [1.29, 1.82) is 0 Å². The molecule has 1 N–H and O–H groups in total. The minimum Gasteiger partial charge on any atom is -0.376 e. The highest BCUT2D eigenvalue weighted by molar-refractivity contribution is 9.11. The lowest BCUT2D eigenvalue weighted by molar-refractivity contribution is 0.127. The fraction of sp³-hybridized carbons (Fsp3) is 0.0200. The topological polar surface area (TPSA) is 37.3 Å². The van der Waals surface area contributed by atoms with E-state index in [4.69, 9.17) is 0 Å². The monoisotopic (exact) mass is 902 g/mol. The van der Waals surface area contributed by atoms with E-state index in [9.17, 15) is 9.90 Å². The first-order valence-electron chi connectivity index (χ1n) is 17.9. The normalized spacial score (nSPS) is 12.2. The molecule has 0 radical (unpaired) electrons. The minimum absolute atomic E-state index is 0.104. The second kappa shape index (κ2) is 15.9. The lowest BCUT2D eigenvalue weighted by Crippen LogP contribution is -2.29. The second-order valence-electron chi connectivity index (χ2n) is 13.3. The molecule has 0 bridgehead atoms. The van der Waals surface area contributed by atoms with Gasteiger partial charge in [-0.25, -0.2) is 0 Å². The number of rotatable bonds is 1. The second-order valence-corrected chi connectivity index (χ2v) is 16.0. The minimum atomic E-state index is -1.24. The molecule has 0 saturated carbocycles. The van der Waals surface area contributed by atoms with E-state index < -0.39 is 5.60 Å². The summed E-state index contributed by atoms with van der Waals surface area (Å²) in [5.74, 6) is 0. The number of fused-ring (bicyclic) bond motifs is 10. The van der Waals surface area contributed by atoms with Gasteiger partial charge in [-0.05, 0) is 79.7 Å². The third kappa shape index (κ3) is 7.10. The average Bonchev–Trinajstić information content (AvgIpc) is 3.40. The molecular formula is C50H33Br3O2. The van der Waals surface area contributed by atoms with Crippen molar-refractivity contribution in [1.82, 2.24) is 0 Å². The Morgan fingerprint density at radius 2 is 0.673 bits per heavy atom. The zero-order valence-corrected chi connectivity index (χ0v) is 34.2. The van der Waals surface area contributed by atoms with Crippen LogP contribution in [0.4, 0.5) is 0 Å². The lowest BCUT2D eigenvalue weighted by atomic mass is 9.78. The maximum absolute atomic E-state index is 12.8. The van der Waals surface area contributed by atoms with Crippen LogP contribution in [0.5, 0.6) is 0 Å². The van der Waals surface area contributed by atoms with Gasteiger partial charge >= 0.3 is 0 Å². The Hall–Kier alpha value is -5.17. The highest BCUT2D eigenvalue weighted by atomic mass is 79.9. The van der Waals surface area contributed by atoms with Gasteiger partial charge in [-0.15, -0.1) is 0 Å². The van der Waals surface area contributed by atoms with Gasteiger partial charge in [0.25, 0.3) is 0 Å². The maximum atomic E-state index is 12.8. The number of hydrogen-bond donors (Lipinski definition) is 1. The molecule has 5 heteroatoms. The van der Waals surface area contributed by atoms with Crippen LogP contribution in [0, 0.1) is 0 Å². The van der Waals surface area contributed by atoms with Gasteiger partial charge in [0, 0.05) is 35.3 Å². The molecule has 0 aliphatic heterocycles. The predicted molar refractivity (Wildman–Crippen MR) is 241 cm³/mol. The molecule has 0 fully saturated rings. The average molecular weight is 906 g/mol. The van der Waals surface area contributed by atoms with Gasteiger partial charge in [-0.3, -0.25) is 4.79 Å². The van der Waals surface area contributed by atoms with Crippen molar-refractivity contribution in [3.8, 4) is 22.3 Å². The summed E-state index contributed by atoms with van der Waals surface area (Å²) in [5.41, 5.74) is 5.94. The first-order chi connectivity index (χ1) is 26.8. The summed E-state index contributed by atoms with van der Waals surface area (Å²) in [6.07, 6.45) is 0. The summed E-state index contributed by atoms with van der Waals surface area (Å²) >= 11 is 10.2. The summed E-state index contributed by atoms with van der Waals surface area (Å²) in [4.78, 5) is 12.8. The van der Waals surface area contributed by atoms with Gasteiger partial charge in [-0.1, -0.05) is 212 Å². The van der Waals surface area contributed by atoms with Crippen LogP contribution in [0.15, 0.2) is 212 Å². The summed E-state index contributed by atoms with van der Waals surface area (Å²) < 4.78 is 3.16. The van der Waals surface area contributed by atoms with Gasteiger partial charge in [0.2, 0.25) is 0 Å².